The van der Waals surface area contributed by atoms with Crippen LogP contribution in [-0.2, 0) is 11.3 Å². The molecule has 3 heteroatoms. The van der Waals surface area contributed by atoms with Crippen molar-refractivity contribution < 1.29 is 9.84 Å². The van der Waals surface area contributed by atoms with E-state index in [0.717, 1.165) is 31.5 Å². The molecule has 2 aliphatic carbocycles. The predicted octanol–water partition coefficient (Wildman–Crippen LogP) is 5.80. The van der Waals surface area contributed by atoms with Crippen LogP contribution in [0, 0.1) is 28.6 Å². The van der Waals surface area contributed by atoms with E-state index in [4.69, 9.17) is 4.74 Å². The van der Waals surface area contributed by atoms with Crippen LogP contribution in [-0.4, -0.2) is 40.3 Å². The van der Waals surface area contributed by atoms with Gasteiger partial charge in [-0.3, -0.25) is 4.90 Å². The lowest BCUT2D eigenvalue weighted by Crippen LogP contribution is -2.70. The summed E-state index contributed by atoms with van der Waals surface area (Å²) in [5.74, 6) is 2.09. The van der Waals surface area contributed by atoms with E-state index in [0.29, 0.717) is 28.3 Å². The average molecular weight is 438 g/mol. The van der Waals surface area contributed by atoms with Gasteiger partial charge in [-0.05, 0) is 93.4 Å². The average Bonchev–Trinajstić information content (AvgIpc) is 3.23. The molecule has 5 aliphatic rings. The molecule has 1 spiro atoms. The first kappa shape index (κ1) is 21.6. The van der Waals surface area contributed by atoms with E-state index in [-0.39, 0.29) is 0 Å². The van der Waals surface area contributed by atoms with Gasteiger partial charge in [0.05, 0.1) is 12.2 Å². The van der Waals surface area contributed by atoms with Crippen molar-refractivity contribution in [3.05, 3.63) is 35.9 Å². The van der Waals surface area contributed by atoms with Gasteiger partial charge >= 0.3 is 0 Å². The molecule has 3 aliphatic heterocycles. The quantitative estimate of drug-likeness (QED) is 0.547. The number of aliphatic hydroxyl groups is 1. The Hall–Kier alpha value is -0.900. The van der Waals surface area contributed by atoms with Gasteiger partial charge < -0.3 is 9.84 Å². The van der Waals surface area contributed by atoms with E-state index in [9.17, 15) is 5.11 Å². The lowest BCUT2D eigenvalue weighted by Gasteiger charge is -2.67. The summed E-state index contributed by atoms with van der Waals surface area (Å²) in [4.78, 5) is 3.02. The van der Waals surface area contributed by atoms with Crippen molar-refractivity contribution in [3.8, 4) is 0 Å². The molecule has 176 valence electrons. The summed E-state index contributed by atoms with van der Waals surface area (Å²) in [6.45, 7) is 9.76. The molecule has 3 saturated heterocycles. The zero-order valence-electron chi connectivity index (χ0n) is 20.5. The molecule has 3 nitrogen and oxygen atoms in total. The van der Waals surface area contributed by atoms with Crippen molar-refractivity contribution >= 4 is 0 Å². The Bertz CT molecular complexity index is 848. The van der Waals surface area contributed by atoms with Crippen LogP contribution < -0.4 is 0 Å². The largest absolute Gasteiger partial charge is 0.390 e. The summed E-state index contributed by atoms with van der Waals surface area (Å²) in [7, 11) is 0. The smallest absolute Gasteiger partial charge is 0.0716 e. The van der Waals surface area contributed by atoms with Crippen molar-refractivity contribution in [1.82, 2.24) is 4.90 Å². The van der Waals surface area contributed by atoms with Crippen LogP contribution in [0.3, 0.4) is 0 Å². The van der Waals surface area contributed by atoms with Crippen LogP contribution in [0.15, 0.2) is 30.3 Å². The molecule has 32 heavy (non-hydrogen) atoms. The van der Waals surface area contributed by atoms with Gasteiger partial charge in [0.25, 0.3) is 0 Å². The van der Waals surface area contributed by atoms with Crippen LogP contribution in [0.25, 0.3) is 0 Å². The van der Waals surface area contributed by atoms with Gasteiger partial charge in [0.15, 0.2) is 0 Å². The number of rotatable bonds is 7. The third kappa shape index (κ3) is 2.71. The molecular formula is C29H43NO2. The molecule has 3 heterocycles. The fraction of sp³-hybridized carbons (Fsp3) is 0.793. The second-order valence-corrected chi connectivity index (χ2v) is 12.8. The van der Waals surface area contributed by atoms with Gasteiger partial charge in [-0.25, -0.2) is 0 Å². The molecule has 1 aromatic carbocycles. The molecule has 1 aromatic rings. The van der Waals surface area contributed by atoms with Crippen LogP contribution in [0.4, 0.5) is 0 Å². The van der Waals surface area contributed by atoms with Crippen LogP contribution >= 0.6 is 0 Å². The number of fused-ring (bicyclic) bond motifs is 2. The molecule has 8 atom stereocenters. The minimum atomic E-state index is -0.592. The van der Waals surface area contributed by atoms with Gasteiger partial charge in [0.1, 0.15) is 0 Å². The summed E-state index contributed by atoms with van der Waals surface area (Å²) in [5, 5.41) is 11.3. The topological polar surface area (TPSA) is 32.7 Å². The highest BCUT2D eigenvalue weighted by atomic mass is 16.5. The van der Waals surface area contributed by atoms with E-state index in [1.807, 2.05) is 0 Å². The Labute approximate surface area is 194 Å². The highest BCUT2D eigenvalue weighted by Gasteiger charge is 2.80. The second kappa shape index (κ2) is 7.30. The van der Waals surface area contributed by atoms with Crippen molar-refractivity contribution in [3.63, 3.8) is 0 Å². The van der Waals surface area contributed by atoms with E-state index < -0.39 is 5.60 Å². The Kier molecular flexibility index (Phi) is 4.93. The summed E-state index contributed by atoms with van der Waals surface area (Å²) in [6.07, 6.45) is 12.0. The molecule has 1 unspecified atom stereocenters. The monoisotopic (exact) mass is 437 g/mol. The first-order valence-corrected chi connectivity index (χ1v) is 13.4. The molecule has 5 bridgehead atoms. The van der Waals surface area contributed by atoms with Gasteiger partial charge in [-0.1, -0.05) is 43.7 Å². The second-order valence-electron chi connectivity index (χ2n) is 12.8. The Morgan fingerprint density at radius 1 is 1.09 bits per heavy atom. The lowest BCUT2D eigenvalue weighted by molar-refractivity contribution is -0.203. The molecule has 0 radical (unpaired) electrons. The Morgan fingerprint density at radius 3 is 2.69 bits per heavy atom. The van der Waals surface area contributed by atoms with Crippen molar-refractivity contribution in [2.45, 2.75) is 102 Å². The highest BCUT2D eigenvalue weighted by Crippen LogP contribution is 2.79. The van der Waals surface area contributed by atoms with Crippen molar-refractivity contribution in [1.29, 1.82) is 0 Å². The molecule has 0 aromatic heterocycles. The third-order valence-corrected chi connectivity index (χ3v) is 11.4. The van der Waals surface area contributed by atoms with E-state index >= 15 is 0 Å². The van der Waals surface area contributed by atoms with Gasteiger partial charge in [-0.2, -0.15) is 0 Å². The summed E-state index contributed by atoms with van der Waals surface area (Å²) >= 11 is 0. The van der Waals surface area contributed by atoms with Crippen molar-refractivity contribution in [2.75, 3.05) is 13.2 Å². The van der Waals surface area contributed by atoms with E-state index in [1.165, 1.54) is 63.5 Å². The van der Waals surface area contributed by atoms with Gasteiger partial charge in [0, 0.05) is 30.7 Å². The fourth-order valence-corrected chi connectivity index (χ4v) is 10.2. The number of nitrogens with zero attached hydrogens (tertiary/aromatic N) is 1. The maximum atomic E-state index is 11.3. The number of ether oxygens (including phenoxy) is 1. The number of hydrogen-bond acceptors (Lipinski definition) is 3. The van der Waals surface area contributed by atoms with E-state index in [2.05, 4.69) is 56.0 Å². The minimum absolute atomic E-state index is 0.363. The Balaban J connectivity index is 1.30. The standard InChI is InChI=1S/C29H43NO2/c1-26(2,31)23-13-16-27(3)22-12-17-28-14-7-11-24(28)29(27,25(23)30(28)19-22)15-8-18-32-20-21-9-5-4-6-10-21/h4-6,9-10,22-25,31H,7-8,11-20H2,1-3H3/t22-,23+,24-,25-,27+,28-,29+/m1/s1. The summed E-state index contributed by atoms with van der Waals surface area (Å²) < 4.78 is 6.18. The molecule has 6 rings (SSSR count). The number of hydrogen-bond donors (Lipinski definition) is 1. The normalized spacial score (nSPS) is 46.4. The molecule has 0 amide bonds. The molecule has 5 fully saturated rings. The third-order valence-electron chi connectivity index (χ3n) is 11.4. The summed E-state index contributed by atoms with van der Waals surface area (Å²) in [6, 6.07) is 11.2. The zero-order chi connectivity index (χ0) is 22.2. The maximum Gasteiger partial charge on any atom is 0.0716 e. The number of benzene rings is 1. The molecule has 2 saturated carbocycles. The first-order valence-electron chi connectivity index (χ1n) is 13.4. The predicted molar refractivity (Wildman–Crippen MR) is 128 cm³/mol. The van der Waals surface area contributed by atoms with Gasteiger partial charge in [0.2, 0.25) is 0 Å². The lowest BCUT2D eigenvalue weighted by atomic mass is 9.42. The van der Waals surface area contributed by atoms with Gasteiger partial charge in [-0.15, -0.1) is 0 Å². The molecule has 1 N–H and O–H groups in total. The SMILES string of the molecule is CC(C)(O)[C@H]1CC[C@@]2(C)[C@@H]3CC[C@]45CCC[C@H]4[C@@]2(CCCOCc2ccccc2)[C@@H]1N5C3. The van der Waals surface area contributed by atoms with Crippen molar-refractivity contribution in [2.24, 2.45) is 28.6 Å². The molecular weight excluding hydrogens is 394 g/mol. The highest BCUT2D eigenvalue weighted by molar-refractivity contribution is 5.31. The van der Waals surface area contributed by atoms with E-state index in [1.54, 1.807) is 0 Å². The minimum Gasteiger partial charge on any atom is -0.390 e. The zero-order valence-corrected chi connectivity index (χ0v) is 20.5. The maximum absolute atomic E-state index is 11.3. The van der Waals surface area contributed by atoms with Crippen LogP contribution in [0.1, 0.15) is 84.1 Å². The van der Waals surface area contributed by atoms with Crippen LogP contribution in [0.2, 0.25) is 0 Å². The van der Waals surface area contributed by atoms with Crippen LogP contribution in [0.5, 0.6) is 0 Å². The first-order chi connectivity index (χ1) is 15.3. The summed E-state index contributed by atoms with van der Waals surface area (Å²) in [5.41, 5.74) is 1.92. The number of piperidine rings is 2. The fourth-order valence-electron chi connectivity index (χ4n) is 10.2. The Morgan fingerprint density at radius 2 is 1.91 bits per heavy atom.